The third kappa shape index (κ3) is 16.0. The molecule has 0 aliphatic rings. The molecule has 0 aromatic carbocycles. The van der Waals surface area contributed by atoms with Gasteiger partial charge in [-0.25, -0.2) is 0 Å². The number of aromatic carboxylic acids is 1. The van der Waals surface area contributed by atoms with Crippen LogP contribution in [-0.4, -0.2) is 11.9 Å². The molecule has 166 valence electrons. The van der Waals surface area contributed by atoms with Crippen molar-refractivity contribution in [1.82, 2.24) is 0 Å². The summed E-state index contributed by atoms with van der Waals surface area (Å²) in [6, 6.07) is 2.78. The van der Waals surface area contributed by atoms with Gasteiger partial charge in [0.15, 0.2) is 0 Å². The van der Waals surface area contributed by atoms with Crippen molar-refractivity contribution in [1.29, 1.82) is 0 Å². The number of carboxylic acids is 1. The van der Waals surface area contributed by atoms with E-state index in [2.05, 4.69) is 6.92 Å². The monoisotopic (exact) mass is 430 g/mol. The van der Waals surface area contributed by atoms with E-state index in [4.69, 9.17) is 9.15 Å². The Morgan fingerprint density at radius 2 is 1.27 bits per heavy atom. The number of carbonyl (C=O) groups is 2. The van der Waals surface area contributed by atoms with E-state index in [9.17, 15) is 14.7 Å². The molecule has 5 nitrogen and oxygen atoms in total. The Labute approximate surface area is 204 Å². The van der Waals surface area contributed by atoms with E-state index in [0.717, 1.165) is 19.3 Å². The van der Waals surface area contributed by atoms with Gasteiger partial charge in [-0.05, 0) is 18.6 Å². The molecule has 1 heterocycles. The Morgan fingerprint density at radius 3 is 1.70 bits per heavy atom. The summed E-state index contributed by atoms with van der Waals surface area (Å²) in [7, 11) is 0. The predicted molar refractivity (Wildman–Crippen MR) is 112 cm³/mol. The molecule has 30 heavy (non-hydrogen) atoms. The molecule has 1 aromatic rings. The van der Waals surface area contributed by atoms with E-state index in [1.165, 1.54) is 89.2 Å². The van der Waals surface area contributed by atoms with Crippen LogP contribution in [0.2, 0.25) is 0 Å². The van der Waals surface area contributed by atoms with Crippen LogP contribution in [0.15, 0.2) is 16.5 Å². The first-order valence-corrected chi connectivity index (χ1v) is 11.6. The van der Waals surface area contributed by atoms with E-state index in [1.54, 1.807) is 0 Å². The predicted octanol–water partition coefficient (Wildman–Crippen LogP) is 2.95. The van der Waals surface area contributed by atoms with Crippen LogP contribution in [0, 0.1) is 0 Å². The molecular weight excluding hydrogens is 391 g/mol. The third-order valence-corrected chi connectivity index (χ3v) is 5.22. The molecule has 0 spiro atoms. The summed E-state index contributed by atoms with van der Waals surface area (Å²) in [6.07, 6.45) is 19.8. The van der Waals surface area contributed by atoms with Gasteiger partial charge < -0.3 is 19.1 Å². The third-order valence-electron chi connectivity index (χ3n) is 5.22. The average molecular weight is 431 g/mol. The number of furan rings is 1. The Morgan fingerprint density at radius 1 is 0.800 bits per heavy atom. The van der Waals surface area contributed by atoms with Gasteiger partial charge in [-0.2, -0.15) is 0 Å². The van der Waals surface area contributed by atoms with Crippen LogP contribution in [0.1, 0.15) is 126 Å². The van der Waals surface area contributed by atoms with Gasteiger partial charge >= 0.3 is 35.5 Å². The normalized spacial score (nSPS) is 10.6. The van der Waals surface area contributed by atoms with Crippen molar-refractivity contribution in [2.24, 2.45) is 0 Å². The molecule has 0 unspecified atom stereocenters. The van der Waals surface area contributed by atoms with Gasteiger partial charge in [0.05, 0.1) is 0 Å². The summed E-state index contributed by atoms with van der Waals surface area (Å²) in [5.41, 5.74) is 0. The number of esters is 1. The molecule has 1 aromatic heterocycles. The summed E-state index contributed by atoms with van der Waals surface area (Å²) < 4.78 is 10.1. The largest absolute Gasteiger partial charge is 1.00 e. The zero-order chi connectivity index (χ0) is 21.2. The van der Waals surface area contributed by atoms with Crippen molar-refractivity contribution < 1.29 is 53.4 Å². The topological polar surface area (TPSA) is 79.6 Å². The number of rotatable bonds is 19. The van der Waals surface area contributed by atoms with Crippen molar-refractivity contribution in [2.75, 3.05) is 0 Å². The van der Waals surface area contributed by atoms with Crippen LogP contribution < -0.4 is 34.7 Å². The molecule has 0 radical (unpaired) electrons. The van der Waals surface area contributed by atoms with Gasteiger partial charge in [0.25, 0.3) is 0 Å². The second-order valence-electron chi connectivity index (χ2n) is 7.91. The Bertz CT molecular complexity index is 556. The summed E-state index contributed by atoms with van der Waals surface area (Å²) in [4.78, 5) is 22.3. The minimum absolute atomic E-state index is 0. The Kier molecular flexibility index (Phi) is 19.6. The number of carboxylic acid groups (broad SMARTS) is 1. The van der Waals surface area contributed by atoms with Crippen LogP contribution in [0.5, 0.6) is 0 Å². The molecule has 0 aliphatic carbocycles. The first-order valence-electron chi connectivity index (χ1n) is 11.6. The summed E-state index contributed by atoms with van der Waals surface area (Å²) in [6.45, 7) is 2.22. The minimum Gasteiger partial charge on any atom is -0.542 e. The van der Waals surface area contributed by atoms with Crippen molar-refractivity contribution in [3.8, 4) is 0 Å². The number of unbranched alkanes of at least 4 members (excludes halogenated alkanes) is 14. The van der Waals surface area contributed by atoms with Gasteiger partial charge in [-0.1, -0.05) is 96.8 Å². The molecule has 1 rings (SSSR count). The standard InChI is InChI=1S/C24H40O5.Na/c1-2-3-4-5-6-7-8-9-10-11-12-13-14-15-16-17-23(25)28-20-21-18-19-22(29-21)24(26)27;/h18-19H,2-17,20H2,1H3,(H,26,27);/q;+1/p-1. The Hall–Kier alpha value is -0.780. The van der Waals surface area contributed by atoms with E-state index in [1.807, 2.05) is 0 Å². The minimum atomic E-state index is -1.37. The number of hydrogen-bond donors (Lipinski definition) is 0. The van der Waals surface area contributed by atoms with Crippen LogP contribution >= 0.6 is 0 Å². The second-order valence-corrected chi connectivity index (χ2v) is 7.91. The molecule has 0 amide bonds. The maximum atomic E-state index is 11.7. The van der Waals surface area contributed by atoms with Crippen molar-refractivity contribution in [3.63, 3.8) is 0 Å². The molecule has 0 N–H and O–H groups in total. The summed E-state index contributed by atoms with van der Waals surface area (Å²) in [5.74, 6) is -1.58. The second kappa shape index (κ2) is 20.1. The van der Waals surface area contributed by atoms with E-state index < -0.39 is 5.97 Å². The van der Waals surface area contributed by atoms with Crippen LogP contribution in [0.3, 0.4) is 0 Å². The van der Waals surface area contributed by atoms with Crippen LogP contribution in [0.4, 0.5) is 0 Å². The van der Waals surface area contributed by atoms with Gasteiger partial charge in [0.1, 0.15) is 24.1 Å². The van der Waals surface area contributed by atoms with Crippen molar-refractivity contribution in [2.45, 2.75) is 116 Å². The summed E-state index contributed by atoms with van der Waals surface area (Å²) in [5, 5.41) is 10.6. The summed E-state index contributed by atoms with van der Waals surface area (Å²) >= 11 is 0. The van der Waals surface area contributed by atoms with Crippen molar-refractivity contribution >= 4 is 11.9 Å². The Balaban J connectivity index is 0.00000841. The van der Waals surface area contributed by atoms with Crippen LogP contribution in [-0.2, 0) is 16.1 Å². The van der Waals surface area contributed by atoms with E-state index in [0.29, 0.717) is 12.2 Å². The van der Waals surface area contributed by atoms with E-state index >= 15 is 0 Å². The van der Waals surface area contributed by atoms with Gasteiger partial charge in [0, 0.05) is 6.42 Å². The molecule has 0 fully saturated rings. The zero-order valence-corrected chi connectivity index (χ0v) is 21.2. The molecule has 0 saturated carbocycles. The first kappa shape index (κ1) is 29.2. The molecule has 0 atom stereocenters. The smallest absolute Gasteiger partial charge is 0.542 e. The van der Waals surface area contributed by atoms with Gasteiger partial charge in [0.2, 0.25) is 0 Å². The maximum absolute atomic E-state index is 11.7. The fourth-order valence-electron chi connectivity index (χ4n) is 3.43. The molecule has 0 saturated heterocycles. The van der Waals surface area contributed by atoms with E-state index in [-0.39, 0.29) is 47.9 Å². The van der Waals surface area contributed by atoms with Gasteiger partial charge in [-0.3, -0.25) is 4.79 Å². The average Bonchev–Trinajstić information content (AvgIpc) is 3.19. The zero-order valence-electron chi connectivity index (χ0n) is 19.2. The number of carbonyl (C=O) groups excluding carboxylic acids is 2. The molecule has 6 heteroatoms. The molecule has 0 aliphatic heterocycles. The SMILES string of the molecule is CCCCCCCCCCCCCCCCCC(=O)OCc1ccc(C(=O)[O-])o1.[Na+]. The fraction of sp³-hybridized carbons (Fsp3) is 0.750. The van der Waals surface area contributed by atoms with Crippen molar-refractivity contribution in [3.05, 3.63) is 23.7 Å². The first-order chi connectivity index (χ1) is 14.1. The fourth-order valence-corrected chi connectivity index (χ4v) is 3.43. The van der Waals surface area contributed by atoms with Crippen LogP contribution in [0.25, 0.3) is 0 Å². The quantitative estimate of drug-likeness (QED) is 0.192. The maximum Gasteiger partial charge on any atom is 1.00 e. The molecule has 0 bridgehead atoms. The number of hydrogen-bond acceptors (Lipinski definition) is 5. The molecular formula is C24H39NaO5. The van der Waals surface area contributed by atoms with Gasteiger partial charge in [-0.15, -0.1) is 0 Å². The number of ether oxygens (including phenoxy) is 1.